The number of para-hydroxylation sites is 1. The molecule has 0 radical (unpaired) electrons. The van der Waals surface area contributed by atoms with Gasteiger partial charge in [0.05, 0.1) is 11.4 Å². The van der Waals surface area contributed by atoms with E-state index in [1.54, 1.807) is 10.7 Å². The maximum absolute atomic E-state index is 12.2. The van der Waals surface area contributed by atoms with E-state index in [0.717, 1.165) is 11.4 Å². The third-order valence-electron chi connectivity index (χ3n) is 3.64. The van der Waals surface area contributed by atoms with Crippen LogP contribution in [0.2, 0.25) is 0 Å². The molecule has 1 aliphatic heterocycles. The Morgan fingerprint density at radius 3 is 2.55 bits per heavy atom. The van der Waals surface area contributed by atoms with Gasteiger partial charge < -0.3 is 0 Å². The van der Waals surface area contributed by atoms with Crippen molar-refractivity contribution >= 4 is 21.7 Å². The van der Waals surface area contributed by atoms with E-state index in [9.17, 15) is 13.2 Å². The Bertz CT molecular complexity index is 814. The Morgan fingerprint density at radius 2 is 1.95 bits per heavy atom. The van der Waals surface area contributed by atoms with Gasteiger partial charge in [-0.3, -0.25) is 9.69 Å². The van der Waals surface area contributed by atoms with Gasteiger partial charge in [-0.25, -0.2) is 18.2 Å². The quantitative estimate of drug-likeness (QED) is 0.894. The van der Waals surface area contributed by atoms with Crippen LogP contribution < -0.4 is 10.0 Å². The molecule has 0 spiro atoms. The van der Waals surface area contributed by atoms with Gasteiger partial charge in [0.2, 0.25) is 15.9 Å². The van der Waals surface area contributed by atoms with Crippen LogP contribution in [0.1, 0.15) is 12.1 Å². The molecule has 0 aliphatic carbocycles. The summed E-state index contributed by atoms with van der Waals surface area (Å²) < 4.78 is 24.6. The first-order valence-electron chi connectivity index (χ1n) is 6.80. The average Bonchev–Trinajstić information content (AvgIpc) is 3.02. The Kier molecular flexibility index (Phi) is 3.50. The van der Waals surface area contributed by atoms with Crippen LogP contribution in [0, 0.1) is 6.92 Å². The lowest BCUT2D eigenvalue weighted by atomic mass is 10.3. The van der Waals surface area contributed by atoms with Crippen LogP contribution in [-0.2, 0) is 14.8 Å². The number of hydrogen-bond acceptors (Lipinski definition) is 4. The lowest BCUT2D eigenvalue weighted by Crippen LogP contribution is -2.32. The number of carbonyl (C=O) groups is 1. The van der Waals surface area contributed by atoms with Crippen LogP contribution in [0.4, 0.5) is 5.82 Å². The number of nitrogens with two attached hydrogens (primary N) is 1. The van der Waals surface area contributed by atoms with Gasteiger partial charge in [-0.15, -0.1) is 0 Å². The molecule has 116 valence electrons. The molecule has 1 amide bonds. The zero-order valence-electron chi connectivity index (χ0n) is 12.0. The number of sulfonamides is 1. The summed E-state index contributed by atoms with van der Waals surface area (Å²) in [5, 5.41) is 8.68. The summed E-state index contributed by atoms with van der Waals surface area (Å²) in [6.45, 7) is 1.87. The summed E-state index contributed by atoms with van der Waals surface area (Å²) >= 11 is 0. The van der Waals surface area contributed by atoms with Crippen molar-refractivity contribution < 1.29 is 13.2 Å². The minimum Gasteiger partial charge on any atom is -0.295 e. The second-order valence-corrected chi connectivity index (χ2v) is 7.16. The van der Waals surface area contributed by atoms with Crippen molar-refractivity contribution in [2.24, 2.45) is 5.14 Å². The highest BCUT2D eigenvalue weighted by Gasteiger charge is 2.38. The number of benzene rings is 1. The molecular formula is C14H16N4O3S. The van der Waals surface area contributed by atoms with Crippen LogP contribution in [0.5, 0.6) is 0 Å². The number of primary sulfonamides is 1. The lowest BCUT2D eigenvalue weighted by Gasteiger charge is -2.17. The van der Waals surface area contributed by atoms with Crippen LogP contribution >= 0.6 is 0 Å². The summed E-state index contributed by atoms with van der Waals surface area (Å²) in [5.41, 5.74) is 1.54. The topological polar surface area (TPSA) is 98.3 Å². The highest BCUT2D eigenvalue weighted by Crippen LogP contribution is 2.27. The Balaban J connectivity index is 2.01. The summed E-state index contributed by atoms with van der Waals surface area (Å²) in [6.07, 6.45) is -0.0994. The predicted octanol–water partition coefficient (Wildman–Crippen LogP) is 0.575. The van der Waals surface area contributed by atoms with Crippen LogP contribution in [-0.4, -0.2) is 35.9 Å². The first-order chi connectivity index (χ1) is 10.4. The SMILES string of the molecule is Cc1cc(N2CC(S(N)(=O)=O)CC2=O)n(-c2ccccc2)n1. The van der Waals surface area contributed by atoms with Crippen LogP contribution in [0.15, 0.2) is 36.4 Å². The number of rotatable bonds is 3. The van der Waals surface area contributed by atoms with Crippen LogP contribution in [0.3, 0.4) is 0 Å². The zero-order valence-corrected chi connectivity index (χ0v) is 12.8. The number of aromatic nitrogens is 2. The standard InChI is InChI=1S/C14H16N4O3S/c1-10-7-13(18(16-10)11-5-3-2-4-6-11)17-9-12(8-14(17)19)22(15,20)21/h2-7,12H,8-9H2,1H3,(H2,15,20,21). The van der Waals surface area contributed by atoms with Gasteiger partial charge >= 0.3 is 0 Å². The molecule has 1 atom stereocenters. The molecular weight excluding hydrogens is 304 g/mol. The Morgan fingerprint density at radius 1 is 1.27 bits per heavy atom. The van der Waals surface area contributed by atoms with E-state index in [2.05, 4.69) is 5.10 Å². The molecule has 2 heterocycles. The maximum atomic E-state index is 12.2. The first-order valence-corrected chi connectivity index (χ1v) is 8.41. The fraction of sp³-hybridized carbons (Fsp3) is 0.286. The third kappa shape index (κ3) is 2.62. The van der Waals surface area contributed by atoms with Gasteiger partial charge in [0, 0.05) is 19.0 Å². The van der Waals surface area contributed by atoms with Gasteiger partial charge in [-0.2, -0.15) is 5.10 Å². The lowest BCUT2D eigenvalue weighted by molar-refractivity contribution is -0.117. The molecule has 2 aromatic rings. The number of amides is 1. The average molecular weight is 320 g/mol. The van der Waals surface area contributed by atoms with E-state index < -0.39 is 15.3 Å². The van der Waals surface area contributed by atoms with Crippen molar-refractivity contribution in [1.29, 1.82) is 0 Å². The molecule has 1 aromatic heterocycles. The molecule has 1 fully saturated rings. The van der Waals surface area contributed by atoms with E-state index >= 15 is 0 Å². The molecule has 1 aliphatic rings. The molecule has 8 heteroatoms. The molecule has 7 nitrogen and oxygen atoms in total. The third-order valence-corrected chi connectivity index (χ3v) is 4.89. The highest BCUT2D eigenvalue weighted by molar-refractivity contribution is 7.89. The van der Waals surface area contributed by atoms with E-state index in [1.165, 1.54) is 4.90 Å². The van der Waals surface area contributed by atoms with Gasteiger partial charge in [0.1, 0.15) is 11.1 Å². The normalized spacial score (nSPS) is 18.9. The van der Waals surface area contributed by atoms with Crippen molar-refractivity contribution in [2.75, 3.05) is 11.4 Å². The van der Waals surface area contributed by atoms with E-state index in [1.807, 2.05) is 37.3 Å². The molecule has 0 bridgehead atoms. The minimum atomic E-state index is -3.74. The molecule has 0 saturated carbocycles. The Hall–Kier alpha value is -2.19. The number of anilines is 1. The first kappa shape index (κ1) is 14.7. The highest BCUT2D eigenvalue weighted by atomic mass is 32.2. The molecule has 3 rings (SSSR count). The smallest absolute Gasteiger partial charge is 0.229 e. The molecule has 1 unspecified atom stereocenters. The number of aryl methyl sites for hydroxylation is 1. The number of carbonyl (C=O) groups excluding carboxylic acids is 1. The second kappa shape index (κ2) is 5.22. The molecule has 1 aromatic carbocycles. The van der Waals surface area contributed by atoms with Gasteiger partial charge in [-0.05, 0) is 19.1 Å². The predicted molar refractivity (Wildman–Crippen MR) is 82.2 cm³/mol. The summed E-state index contributed by atoms with van der Waals surface area (Å²) in [5.74, 6) is 0.288. The Labute approximate surface area is 128 Å². The minimum absolute atomic E-state index is 0.0512. The van der Waals surface area contributed by atoms with Crippen molar-refractivity contribution in [3.63, 3.8) is 0 Å². The summed E-state index contributed by atoms with van der Waals surface area (Å²) in [4.78, 5) is 13.6. The summed E-state index contributed by atoms with van der Waals surface area (Å²) in [6, 6.07) is 11.1. The maximum Gasteiger partial charge on any atom is 0.229 e. The van der Waals surface area contributed by atoms with Gasteiger partial charge in [-0.1, -0.05) is 18.2 Å². The molecule has 2 N–H and O–H groups in total. The van der Waals surface area contributed by atoms with Crippen molar-refractivity contribution in [1.82, 2.24) is 9.78 Å². The van der Waals surface area contributed by atoms with Gasteiger partial charge in [0.15, 0.2) is 0 Å². The number of nitrogens with zero attached hydrogens (tertiary/aromatic N) is 3. The fourth-order valence-electron chi connectivity index (χ4n) is 2.55. The second-order valence-electron chi connectivity index (χ2n) is 5.31. The largest absolute Gasteiger partial charge is 0.295 e. The molecule has 22 heavy (non-hydrogen) atoms. The van der Waals surface area contributed by atoms with Crippen molar-refractivity contribution in [3.8, 4) is 5.69 Å². The van der Waals surface area contributed by atoms with Crippen molar-refractivity contribution in [2.45, 2.75) is 18.6 Å². The van der Waals surface area contributed by atoms with E-state index in [-0.39, 0.29) is 18.9 Å². The van der Waals surface area contributed by atoms with Crippen LogP contribution in [0.25, 0.3) is 5.69 Å². The monoisotopic (exact) mass is 320 g/mol. The van der Waals surface area contributed by atoms with Crippen molar-refractivity contribution in [3.05, 3.63) is 42.1 Å². The fourth-order valence-corrected chi connectivity index (χ4v) is 3.29. The summed E-state index contributed by atoms with van der Waals surface area (Å²) in [7, 11) is -3.74. The number of hydrogen-bond donors (Lipinski definition) is 1. The zero-order chi connectivity index (χ0) is 15.9. The van der Waals surface area contributed by atoms with E-state index in [0.29, 0.717) is 5.82 Å². The van der Waals surface area contributed by atoms with E-state index in [4.69, 9.17) is 5.14 Å². The van der Waals surface area contributed by atoms with Gasteiger partial charge in [0.25, 0.3) is 0 Å². The molecule has 1 saturated heterocycles.